The number of rotatable bonds is 4. The molecule has 0 rings (SSSR count). The lowest BCUT2D eigenvalue weighted by molar-refractivity contribution is 0.505. The fourth-order valence-electron chi connectivity index (χ4n) is 0.344. The number of hydrogen-bond acceptors (Lipinski definition) is 1. The summed E-state index contributed by atoms with van der Waals surface area (Å²) in [5.41, 5.74) is 1.25. The highest BCUT2D eigenvalue weighted by atomic mass is 35.5. The summed E-state index contributed by atoms with van der Waals surface area (Å²) < 4.78 is 0. The van der Waals surface area contributed by atoms with Crippen molar-refractivity contribution in [3.63, 3.8) is 0 Å². The topological polar surface area (TPSA) is 3.24 Å². The number of hydrogen-bond donors (Lipinski definition) is 0. The fraction of sp³-hybridized carbons (Fsp3) is 0.846. The van der Waals surface area contributed by atoms with E-state index >= 15 is 0 Å². The van der Waals surface area contributed by atoms with Crippen molar-refractivity contribution in [2.75, 3.05) is 27.0 Å². The minimum Gasteiger partial charge on any atom is -0.312 e. The third kappa shape index (κ3) is 80.8. The quantitative estimate of drug-likeness (QED) is 0.392. The molecule has 1 nitrogen and oxygen atoms in total. The van der Waals surface area contributed by atoms with E-state index in [1.54, 1.807) is 0 Å². The lowest BCUT2D eigenvalue weighted by atomic mass is 10.3. The van der Waals surface area contributed by atoms with E-state index in [0.717, 1.165) is 12.3 Å². The molecule has 0 aromatic rings. The van der Waals surface area contributed by atoms with Crippen LogP contribution in [0.1, 0.15) is 46.5 Å². The van der Waals surface area contributed by atoms with Crippen LogP contribution < -0.4 is 0 Å². The highest BCUT2D eigenvalue weighted by Crippen LogP contribution is 1.93. The highest BCUT2D eigenvalue weighted by Gasteiger charge is 1.76. The molecule has 0 aromatic carbocycles. The van der Waals surface area contributed by atoms with Crippen LogP contribution in [0.4, 0.5) is 0 Å². The molecule has 2 heteroatoms. The van der Waals surface area contributed by atoms with Gasteiger partial charge in [-0.25, -0.2) is 0 Å². The van der Waals surface area contributed by atoms with Gasteiger partial charge in [0.05, 0.1) is 0 Å². The van der Waals surface area contributed by atoms with Crippen LogP contribution in [0.2, 0.25) is 0 Å². The van der Waals surface area contributed by atoms with E-state index in [-0.39, 0.29) is 0 Å². The van der Waals surface area contributed by atoms with E-state index in [1.807, 2.05) is 33.0 Å². The standard InChI is InChI=1S/C5H11Cl.C5H10.C3H9N/c1-2-3-4-5-6;1-4-5(2)3;1-4(2)3/h2-5H2,1H3;2,4H2,1,3H3;1-3H3. The van der Waals surface area contributed by atoms with Crippen LogP contribution in [0.15, 0.2) is 12.2 Å². The second-order valence-electron chi connectivity index (χ2n) is 4.05. The predicted octanol–water partition coefficient (Wildman–Crippen LogP) is 4.57. The molecule has 0 aliphatic carbocycles. The Balaban J connectivity index is -0.000000147. The summed E-state index contributed by atoms with van der Waals surface area (Å²) in [6, 6.07) is 0. The molecule has 0 saturated carbocycles. The van der Waals surface area contributed by atoms with Crippen molar-refractivity contribution < 1.29 is 0 Å². The van der Waals surface area contributed by atoms with E-state index in [2.05, 4.69) is 20.4 Å². The highest BCUT2D eigenvalue weighted by molar-refractivity contribution is 6.17. The lowest BCUT2D eigenvalue weighted by Gasteiger charge is -1.90. The smallest absolute Gasteiger partial charge is 0.0223 e. The first-order chi connectivity index (χ1) is 6.92. The van der Waals surface area contributed by atoms with E-state index in [0.29, 0.717) is 0 Å². The zero-order chi connectivity index (χ0) is 12.7. The van der Waals surface area contributed by atoms with Gasteiger partial charge in [-0.1, -0.05) is 32.3 Å². The van der Waals surface area contributed by atoms with E-state index < -0.39 is 0 Å². The van der Waals surface area contributed by atoms with Crippen molar-refractivity contribution in [2.45, 2.75) is 46.5 Å². The molecule has 0 aliphatic rings. The molecule has 0 radical (unpaired) electrons. The molecule has 0 unspecified atom stereocenters. The number of nitrogens with zero attached hydrogens (tertiary/aromatic N) is 1. The maximum Gasteiger partial charge on any atom is 0.0223 e. The predicted molar refractivity (Wildman–Crippen MR) is 75.0 cm³/mol. The largest absolute Gasteiger partial charge is 0.312 e. The average molecular weight is 236 g/mol. The van der Waals surface area contributed by atoms with E-state index in [9.17, 15) is 0 Å². The molecule has 0 spiro atoms. The third-order valence-corrected chi connectivity index (χ3v) is 1.61. The van der Waals surface area contributed by atoms with Crippen molar-refractivity contribution in [1.82, 2.24) is 4.90 Å². The number of halogens is 1. The van der Waals surface area contributed by atoms with E-state index in [1.165, 1.54) is 24.8 Å². The molecule has 0 aromatic heterocycles. The normalized spacial score (nSPS) is 8.53. The number of unbranched alkanes of at least 4 members (excludes halogenated alkanes) is 2. The maximum atomic E-state index is 5.38. The zero-order valence-electron chi connectivity index (χ0n) is 11.6. The van der Waals surface area contributed by atoms with Crippen LogP contribution in [-0.2, 0) is 0 Å². The van der Waals surface area contributed by atoms with Crippen LogP contribution in [0.5, 0.6) is 0 Å². The van der Waals surface area contributed by atoms with E-state index in [4.69, 9.17) is 11.6 Å². The molecule has 0 fully saturated rings. The maximum absolute atomic E-state index is 5.38. The van der Waals surface area contributed by atoms with Crippen LogP contribution in [0, 0.1) is 0 Å². The van der Waals surface area contributed by atoms with Gasteiger partial charge in [0, 0.05) is 5.88 Å². The van der Waals surface area contributed by atoms with Gasteiger partial charge in [-0.3, -0.25) is 0 Å². The van der Waals surface area contributed by atoms with Gasteiger partial charge in [0.15, 0.2) is 0 Å². The Bertz CT molecular complexity index is 104. The summed E-state index contributed by atoms with van der Waals surface area (Å²) in [5.74, 6) is 0.827. The Kier molecular flexibility index (Phi) is 26.6. The zero-order valence-corrected chi connectivity index (χ0v) is 12.3. The summed E-state index contributed by atoms with van der Waals surface area (Å²) in [7, 11) is 6.00. The molecule has 0 aliphatic heterocycles. The third-order valence-electron chi connectivity index (χ3n) is 1.34. The molecular weight excluding hydrogens is 206 g/mol. The number of alkyl halides is 1. The van der Waals surface area contributed by atoms with Crippen LogP contribution in [0.3, 0.4) is 0 Å². The van der Waals surface area contributed by atoms with Gasteiger partial charge in [0.1, 0.15) is 0 Å². The van der Waals surface area contributed by atoms with Crippen molar-refractivity contribution in [2.24, 2.45) is 0 Å². The number of allylic oxidation sites excluding steroid dienone is 1. The van der Waals surface area contributed by atoms with Crippen LogP contribution >= 0.6 is 11.6 Å². The minimum absolute atomic E-state index is 0.827. The summed E-state index contributed by atoms with van der Waals surface area (Å²) in [5, 5.41) is 0. The molecule has 0 heterocycles. The molecule has 0 atom stereocenters. The van der Waals surface area contributed by atoms with Gasteiger partial charge in [-0.15, -0.1) is 18.2 Å². The Hall–Kier alpha value is -0.0100. The lowest BCUT2D eigenvalue weighted by Crippen LogP contribution is -1.99. The Morgan fingerprint density at radius 3 is 1.53 bits per heavy atom. The Morgan fingerprint density at radius 2 is 1.47 bits per heavy atom. The molecule has 0 amide bonds. The van der Waals surface area contributed by atoms with Crippen LogP contribution in [0.25, 0.3) is 0 Å². The first-order valence-electron chi connectivity index (χ1n) is 5.73. The Morgan fingerprint density at radius 1 is 1.13 bits per heavy atom. The second-order valence-corrected chi connectivity index (χ2v) is 4.43. The monoisotopic (exact) mass is 235 g/mol. The van der Waals surface area contributed by atoms with Gasteiger partial charge in [0.2, 0.25) is 0 Å². The molecule has 0 saturated heterocycles. The fourth-order valence-corrected chi connectivity index (χ4v) is 0.533. The first kappa shape index (κ1) is 20.4. The summed E-state index contributed by atoms with van der Waals surface area (Å²) >= 11 is 5.38. The second kappa shape index (κ2) is 19.5. The Labute approximate surface area is 103 Å². The summed E-state index contributed by atoms with van der Waals surface area (Å²) in [6.45, 7) is 9.97. The van der Waals surface area contributed by atoms with Gasteiger partial charge >= 0.3 is 0 Å². The summed E-state index contributed by atoms with van der Waals surface area (Å²) in [4.78, 5) is 2.00. The average Bonchev–Trinajstić information content (AvgIpc) is 2.14. The van der Waals surface area contributed by atoms with Crippen LogP contribution in [-0.4, -0.2) is 31.9 Å². The van der Waals surface area contributed by atoms with Crippen molar-refractivity contribution >= 4 is 11.6 Å². The van der Waals surface area contributed by atoms with Crippen molar-refractivity contribution in [3.05, 3.63) is 12.2 Å². The molecular formula is C13H30ClN. The van der Waals surface area contributed by atoms with Crippen molar-refractivity contribution in [3.8, 4) is 0 Å². The molecule has 15 heavy (non-hydrogen) atoms. The SMILES string of the molecule is C=C(C)CC.CCCCCCl.CN(C)C. The van der Waals surface area contributed by atoms with Gasteiger partial charge in [-0.05, 0) is 40.9 Å². The first-order valence-corrected chi connectivity index (χ1v) is 6.26. The van der Waals surface area contributed by atoms with Gasteiger partial charge in [0.25, 0.3) is 0 Å². The molecule has 0 N–H and O–H groups in total. The summed E-state index contributed by atoms with van der Waals surface area (Å²) in [6.07, 6.45) is 4.84. The molecule has 94 valence electrons. The molecule has 0 bridgehead atoms. The van der Waals surface area contributed by atoms with Crippen molar-refractivity contribution in [1.29, 1.82) is 0 Å². The minimum atomic E-state index is 0.827. The van der Waals surface area contributed by atoms with Gasteiger partial charge in [-0.2, -0.15) is 0 Å². The van der Waals surface area contributed by atoms with Gasteiger partial charge < -0.3 is 4.90 Å².